The van der Waals surface area contributed by atoms with Crippen LogP contribution in [0.25, 0.3) is 0 Å². The molecule has 0 spiro atoms. The number of nitrogens with zero attached hydrogens (tertiary/aromatic N) is 2. The number of aromatic nitrogens is 2. The Morgan fingerprint density at radius 1 is 1.06 bits per heavy atom. The maximum absolute atomic E-state index is 6.09. The van der Waals surface area contributed by atoms with E-state index in [9.17, 15) is 0 Å². The number of hydrogen-bond donors (Lipinski definition) is 1. The minimum absolute atomic E-state index is 0.114. The van der Waals surface area contributed by atoms with E-state index in [0.717, 1.165) is 34.2 Å². The monoisotopic (exact) mass is 253 g/mol. The fraction of sp³-hybridized carbons (Fsp3) is 0.455. The molecule has 0 aliphatic carbocycles. The van der Waals surface area contributed by atoms with E-state index < -0.39 is 0 Å². The first kappa shape index (κ1) is 11.7. The van der Waals surface area contributed by atoms with E-state index in [0.29, 0.717) is 0 Å². The lowest BCUT2D eigenvalue weighted by Crippen LogP contribution is -2.25. The Balaban J connectivity index is 1.91. The van der Waals surface area contributed by atoms with Crippen LogP contribution in [0.15, 0.2) is 10.8 Å². The first-order valence-corrected chi connectivity index (χ1v) is 6.97. The maximum atomic E-state index is 6.09. The summed E-state index contributed by atoms with van der Waals surface area (Å²) in [7, 11) is 0. The minimum atomic E-state index is 0.114. The second kappa shape index (κ2) is 5.03. The van der Waals surface area contributed by atoms with Crippen LogP contribution in [0.3, 0.4) is 0 Å². The molecule has 0 aromatic carbocycles. The van der Waals surface area contributed by atoms with Gasteiger partial charge < -0.3 is 5.73 Å². The van der Waals surface area contributed by atoms with Gasteiger partial charge in [-0.2, -0.15) is 0 Å². The molecule has 0 saturated heterocycles. The summed E-state index contributed by atoms with van der Waals surface area (Å²) in [5.41, 5.74) is 8.28. The van der Waals surface area contributed by atoms with Gasteiger partial charge in [-0.15, -0.1) is 22.7 Å². The van der Waals surface area contributed by atoms with Gasteiger partial charge in [0.2, 0.25) is 0 Å². The molecule has 0 fully saturated rings. The van der Waals surface area contributed by atoms with E-state index >= 15 is 0 Å². The van der Waals surface area contributed by atoms with Crippen molar-refractivity contribution in [2.24, 2.45) is 5.73 Å². The van der Waals surface area contributed by atoms with E-state index in [2.05, 4.69) is 20.7 Å². The minimum Gasteiger partial charge on any atom is -0.327 e. The van der Waals surface area contributed by atoms with Gasteiger partial charge >= 0.3 is 0 Å². The molecule has 3 nitrogen and oxygen atoms in total. The van der Waals surface area contributed by atoms with Crippen molar-refractivity contribution in [1.82, 2.24) is 9.97 Å². The van der Waals surface area contributed by atoms with Crippen LogP contribution in [0.4, 0.5) is 0 Å². The first-order chi connectivity index (χ1) is 7.63. The van der Waals surface area contributed by atoms with Crippen molar-refractivity contribution in [3.8, 4) is 0 Å². The highest BCUT2D eigenvalue weighted by Gasteiger charge is 2.09. The number of aryl methyl sites for hydroxylation is 2. The van der Waals surface area contributed by atoms with E-state index in [1.165, 1.54) is 0 Å². The fourth-order valence-electron chi connectivity index (χ4n) is 1.61. The Hall–Kier alpha value is -0.780. The number of rotatable bonds is 4. The lowest BCUT2D eigenvalue weighted by atomic mass is 10.1. The molecule has 0 aliphatic rings. The molecule has 16 heavy (non-hydrogen) atoms. The predicted molar refractivity (Wildman–Crippen MR) is 69.1 cm³/mol. The van der Waals surface area contributed by atoms with Crippen molar-refractivity contribution >= 4 is 22.7 Å². The van der Waals surface area contributed by atoms with Crippen LogP contribution in [-0.4, -0.2) is 16.0 Å². The van der Waals surface area contributed by atoms with Gasteiger partial charge in [-0.3, -0.25) is 0 Å². The second-order valence-electron chi connectivity index (χ2n) is 3.88. The van der Waals surface area contributed by atoms with Crippen molar-refractivity contribution in [2.45, 2.75) is 32.7 Å². The van der Waals surface area contributed by atoms with Gasteiger partial charge in [0, 0.05) is 29.6 Å². The SMILES string of the molecule is Cc1nc(CC(N)Cc2csc(C)n2)cs1. The molecule has 2 heterocycles. The molecular weight excluding hydrogens is 238 g/mol. The van der Waals surface area contributed by atoms with Crippen LogP contribution in [0.5, 0.6) is 0 Å². The number of thiazole rings is 2. The van der Waals surface area contributed by atoms with Gasteiger partial charge in [-0.25, -0.2) is 9.97 Å². The summed E-state index contributed by atoms with van der Waals surface area (Å²) in [6.45, 7) is 4.03. The van der Waals surface area contributed by atoms with Crippen LogP contribution >= 0.6 is 22.7 Å². The molecule has 2 N–H and O–H groups in total. The molecule has 0 bridgehead atoms. The molecule has 2 aromatic heterocycles. The molecule has 0 saturated carbocycles. The van der Waals surface area contributed by atoms with Gasteiger partial charge in [0.25, 0.3) is 0 Å². The third-order valence-corrected chi connectivity index (χ3v) is 3.92. The number of hydrogen-bond acceptors (Lipinski definition) is 5. The summed E-state index contributed by atoms with van der Waals surface area (Å²) in [5, 5.41) is 6.38. The summed E-state index contributed by atoms with van der Waals surface area (Å²) in [6, 6.07) is 0.114. The Bertz CT molecular complexity index is 419. The fourth-order valence-corrected chi connectivity index (χ4v) is 2.86. The number of nitrogens with two attached hydrogens (primary N) is 1. The highest BCUT2D eigenvalue weighted by molar-refractivity contribution is 7.09. The zero-order valence-electron chi connectivity index (χ0n) is 9.43. The van der Waals surface area contributed by atoms with Crippen LogP contribution in [0.1, 0.15) is 21.4 Å². The lowest BCUT2D eigenvalue weighted by molar-refractivity contribution is 0.647. The highest BCUT2D eigenvalue weighted by atomic mass is 32.1. The molecule has 2 rings (SSSR count). The summed E-state index contributed by atoms with van der Waals surface area (Å²) < 4.78 is 0. The summed E-state index contributed by atoms with van der Waals surface area (Å²) in [5.74, 6) is 0. The molecule has 0 aliphatic heterocycles. The van der Waals surface area contributed by atoms with Crippen molar-refractivity contribution < 1.29 is 0 Å². The molecule has 86 valence electrons. The third kappa shape index (κ3) is 3.10. The first-order valence-electron chi connectivity index (χ1n) is 5.21. The topological polar surface area (TPSA) is 51.8 Å². The maximum Gasteiger partial charge on any atom is 0.0897 e. The molecule has 0 atom stereocenters. The third-order valence-electron chi connectivity index (χ3n) is 2.28. The smallest absolute Gasteiger partial charge is 0.0897 e. The van der Waals surface area contributed by atoms with Gasteiger partial charge in [-0.05, 0) is 13.8 Å². The van der Waals surface area contributed by atoms with Gasteiger partial charge in [-0.1, -0.05) is 0 Å². The zero-order chi connectivity index (χ0) is 11.5. The molecule has 5 heteroatoms. The summed E-state index contributed by atoms with van der Waals surface area (Å²) in [6.07, 6.45) is 1.67. The van der Waals surface area contributed by atoms with Crippen molar-refractivity contribution in [3.05, 3.63) is 32.2 Å². The molecule has 0 amide bonds. The van der Waals surface area contributed by atoms with E-state index in [-0.39, 0.29) is 6.04 Å². The highest BCUT2D eigenvalue weighted by Crippen LogP contribution is 2.13. The van der Waals surface area contributed by atoms with Gasteiger partial charge in [0.15, 0.2) is 0 Å². The second-order valence-corrected chi connectivity index (χ2v) is 6.01. The van der Waals surface area contributed by atoms with Crippen LogP contribution in [-0.2, 0) is 12.8 Å². The van der Waals surface area contributed by atoms with E-state index in [4.69, 9.17) is 5.73 Å². The zero-order valence-corrected chi connectivity index (χ0v) is 11.1. The quantitative estimate of drug-likeness (QED) is 0.910. The Labute approximate surface area is 103 Å². The van der Waals surface area contributed by atoms with Crippen molar-refractivity contribution in [3.63, 3.8) is 0 Å². The largest absolute Gasteiger partial charge is 0.327 e. The standard InChI is InChI=1S/C11H15N3S2/c1-7-13-10(5-15-7)3-9(12)4-11-6-16-8(2)14-11/h5-6,9H,3-4,12H2,1-2H3. The molecule has 0 unspecified atom stereocenters. The van der Waals surface area contributed by atoms with E-state index in [1.807, 2.05) is 13.8 Å². The predicted octanol–water partition coefficient (Wildman–Crippen LogP) is 2.33. The Morgan fingerprint density at radius 3 is 1.81 bits per heavy atom. The van der Waals surface area contributed by atoms with Crippen LogP contribution in [0.2, 0.25) is 0 Å². The van der Waals surface area contributed by atoms with E-state index in [1.54, 1.807) is 22.7 Å². The molecular formula is C11H15N3S2. The van der Waals surface area contributed by atoms with Crippen molar-refractivity contribution in [2.75, 3.05) is 0 Å². The molecule has 0 radical (unpaired) electrons. The van der Waals surface area contributed by atoms with Crippen LogP contribution in [0, 0.1) is 13.8 Å². The molecule has 2 aromatic rings. The Kier molecular flexibility index (Phi) is 3.68. The average Bonchev–Trinajstić information content (AvgIpc) is 2.76. The Morgan fingerprint density at radius 2 is 1.50 bits per heavy atom. The van der Waals surface area contributed by atoms with Crippen molar-refractivity contribution in [1.29, 1.82) is 0 Å². The van der Waals surface area contributed by atoms with Crippen LogP contribution < -0.4 is 5.73 Å². The summed E-state index contributed by atoms with van der Waals surface area (Å²) in [4.78, 5) is 8.84. The normalized spacial score (nSPS) is 11.2. The average molecular weight is 253 g/mol. The van der Waals surface area contributed by atoms with Gasteiger partial charge in [0.1, 0.15) is 0 Å². The summed E-state index contributed by atoms with van der Waals surface area (Å²) >= 11 is 3.35. The van der Waals surface area contributed by atoms with Gasteiger partial charge in [0.05, 0.1) is 21.4 Å². The lowest BCUT2D eigenvalue weighted by Gasteiger charge is -2.07.